The molecule has 1 aromatic carbocycles. The van der Waals surface area contributed by atoms with Gasteiger partial charge in [-0.3, -0.25) is 14.0 Å². The van der Waals surface area contributed by atoms with Crippen molar-refractivity contribution in [2.45, 2.75) is 44.9 Å². The van der Waals surface area contributed by atoms with Crippen molar-refractivity contribution in [3.63, 3.8) is 0 Å². The summed E-state index contributed by atoms with van der Waals surface area (Å²) in [7, 11) is 0. The number of hydrogen-bond donors (Lipinski definition) is 0. The summed E-state index contributed by atoms with van der Waals surface area (Å²) in [5, 5.41) is 0. The lowest BCUT2D eigenvalue weighted by Crippen LogP contribution is -2.37. The summed E-state index contributed by atoms with van der Waals surface area (Å²) in [6.07, 6.45) is 12.3. The normalized spacial score (nSPS) is 17.0. The van der Waals surface area contributed by atoms with Crippen LogP contribution in [0.15, 0.2) is 54.9 Å². The molecule has 31 heavy (non-hydrogen) atoms. The Balaban J connectivity index is 1.32. The van der Waals surface area contributed by atoms with Crippen molar-refractivity contribution in [1.29, 1.82) is 0 Å². The molecule has 0 radical (unpaired) electrons. The summed E-state index contributed by atoms with van der Waals surface area (Å²) in [6.45, 7) is 1.75. The summed E-state index contributed by atoms with van der Waals surface area (Å²) in [5.74, 6) is 1.32. The monoisotopic (exact) mass is 415 g/mol. The summed E-state index contributed by atoms with van der Waals surface area (Å²) < 4.78 is 1.79. The third-order valence-corrected chi connectivity index (χ3v) is 6.71. The largest absolute Gasteiger partial charge is 0.338 e. The molecule has 0 unspecified atom stereocenters. The third kappa shape index (κ3) is 4.41. The van der Waals surface area contributed by atoms with Crippen LogP contribution in [0.4, 0.5) is 0 Å². The summed E-state index contributed by atoms with van der Waals surface area (Å²) in [5.41, 5.74) is 2.52. The number of benzene rings is 1. The van der Waals surface area contributed by atoms with Crippen molar-refractivity contribution in [1.82, 2.24) is 14.3 Å². The van der Waals surface area contributed by atoms with E-state index in [9.17, 15) is 9.59 Å². The molecule has 0 N–H and O–H groups in total. The first-order chi connectivity index (χ1) is 15.2. The molecule has 5 heteroatoms. The molecule has 2 fully saturated rings. The maximum atomic E-state index is 13.3. The Morgan fingerprint density at radius 3 is 2.26 bits per heavy atom. The van der Waals surface area contributed by atoms with Gasteiger partial charge in [0.25, 0.3) is 5.91 Å². The second kappa shape index (κ2) is 8.66. The first kappa shape index (κ1) is 20.0. The molecule has 2 aliphatic rings. The highest BCUT2D eigenvalue weighted by Crippen LogP contribution is 2.32. The SMILES string of the molecule is O=C(c1ccc(C(=O)N(CC2CCCCC2)CC2CC2)cc1)c1cnc2ccccn12. The minimum atomic E-state index is -0.0882. The number of imidazole rings is 1. The Labute approximate surface area is 183 Å². The Bertz CT molecular complexity index is 1080. The van der Waals surface area contributed by atoms with Crippen molar-refractivity contribution < 1.29 is 9.59 Å². The van der Waals surface area contributed by atoms with E-state index in [-0.39, 0.29) is 11.7 Å². The van der Waals surface area contributed by atoms with Crippen LogP contribution >= 0.6 is 0 Å². The second-order valence-corrected chi connectivity index (χ2v) is 9.14. The molecule has 0 saturated heterocycles. The Morgan fingerprint density at radius 1 is 0.871 bits per heavy atom. The van der Waals surface area contributed by atoms with Crippen molar-refractivity contribution in [3.05, 3.63) is 71.7 Å². The first-order valence-electron chi connectivity index (χ1n) is 11.5. The van der Waals surface area contributed by atoms with E-state index in [0.29, 0.717) is 28.7 Å². The second-order valence-electron chi connectivity index (χ2n) is 9.14. The molecule has 160 valence electrons. The van der Waals surface area contributed by atoms with Gasteiger partial charge in [0.2, 0.25) is 5.78 Å². The molecule has 2 heterocycles. The van der Waals surface area contributed by atoms with E-state index in [0.717, 1.165) is 18.7 Å². The van der Waals surface area contributed by atoms with Gasteiger partial charge in [0.15, 0.2) is 0 Å². The molecule has 5 rings (SSSR count). The molecule has 0 aliphatic heterocycles. The number of ketones is 1. The predicted molar refractivity (Wildman–Crippen MR) is 120 cm³/mol. The number of carbonyl (C=O) groups excluding carboxylic acids is 2. The average molecular weight is 416 g/mol. The van der Waals surface area contributed by atoms with Gasteiger partial charge in [0.05, 0.1) is 6.20 Å². The van der Waals surface area contributed by atoms with Crippen LogP contribution in [-0.2, 0) is 0 Å². The molecule has 0 bridgehead atoms. The van der Waals surface area contributed by atoms with Crippen LogP contribution < -0.4 is 0 Å². The van der Waals surface area contributed by atoms with Gasteiger partial charge in [0, 0.05) is 30.4 Å². The molecule has 0 spiro atoms. The number of pyridine rings is 1. The zero-order valence-corrected chi connectivity index (χ0v) is 17.9. The maximum Gasteiger partial charge on any atom is 0.253 e. The van der Waals surface area contributed by atoms with E-state index in [2.05, 4.69) is 9.88 Å². The fourth-order valence-electron chi connectivity index (χ4n) is 4.73. The van der Waals surface area contributed by atoms with Gasteiger partial charge in [-0.05, 0) is 61.8 Å². The molecular formula is C26H29N3O2. The van der Waals surface area contributed by atoms with E-state index in [1.807, 2.05) is 24.4 Å². The fourth-order valence-corrected chi connectivity index (χ4v) is 4.73. The number of carbonyl (C=O) groups is 2. The Morgan fingerprint density at radius 2 is 1.55 bits per heavy atom. The van der Waals surface area contributed by atoms with Crippen LogP contribution in [0.1, 0.15) is 71.4 Å². The Hall–Kier alpha value is -2.95. The lowest BCUT2D eigenvalue weighted by Gasteiger charge is -2.30. The van der Waals surface area contributed by atoms with Crippen molar-refractivity contribution in [3.8, 4) is 0 Å². The van der Waals surface area contributed by atoms with Gasteiger partial charge in [-0.1, -0.05) is 37.5 Å². The number of fused-ring (bicyclic) bond motifs is 1. The molecule has 3 aromatic rings. The minimum Gasteiger partial charge on any atom is -0.338 e. The minimum absolute atomic E-state index is 0.0882. The highest BCUT2D eigenvalue weighted by atomic mass is 16.2. The van der Waals surface area contributed by atoms with Gasteiger partial charge in [-0.25, -0.2) is 4.98 Å². The number of nitrogens with zero attached hydrogens (tertiary/aromatic N) is 3. The number of rotatable bonds is 7. The standard InChI is InChI=1S/C26H29N3O2/c30-25(23-16-27-24-8-4-5-15-29(23)24)21-11-13-22(14-12-21)26(31)28(18-20-9-10-20)17-19-6-2-1-3-7-19/h4-5,8,11-16,19-20H,1-3,6-7,9-10,17-18H2. The van der Waals surface area contributed by atoms with E-state index < -0.39 is 0 Å². The van der Waals surface area contributed by atoms with Crippen molar-refractivity contribution >= 4 is 17.3 Å². The van der Waals surface area contributed by atoms with Gasteiger partial charge in [-0.2, -0.15) is 0 Å². The van der Waals surface area contributed by atoms with Gasteiger partial charge >= 0.3 is 0 Å². The molecular weight excluding hydrogens is 386 g/mol. The quantitative estimate of drug-likeness (QED) is 0.511. The topological polar surface area (TPSA) is 54.7 Å². The van der Waals surface area contributed by atoms with Crippen LogP contribution in [0.5, 0.6) is 0 Å². The lowest BCUT2D eigenvalue weighted by molar-refractivity contribution is 0.0704. The van der Waals surface area contributed by atoms with Gasteiger partial charge in [0.1, 0.15) is 11.3 Å². The molecule has 2 aromatic heterocycles. The van der Waals surface area contributed by atoms with Crippen LogP contribution in [0, 0.1) is 11.8 Å². The van der Waals surface area contributed by atoms with E-state index in [1.165, 1.54) is 44.9 Å². The molecule has 5 nitrogen and oxygen atoms in total. The van der Waals surface area contributed by atoms with Gasteiger partial charge in [-0.15, -0.1) is 0 Å². The van der Waals surface area contributed by atoms with Gasteiger partial charge < -0.3 is 4.90 Å². The molecule has 2 saturated carbocycles. The molecule has 1 amide bonds. The summed E-state index contributed by atoms with van der Waals surface area (Å²) in [4.78, 5) is 32.7. The fraction of sp³-hybridized carbons (Fsp3) is 0.423. The number of hydrogen-bond acceptors (Lipinski definition) is 3. The third-order valence-electron chi connectivity index (χ3n) is 6.71. The molecule has 0 atom stereocenters. The van der Waals surface area contributed by atoms with Crippen LogP contribution in [-0.4, -0.2) is 39.1 Å². The van der Waals surface area contributed by atoms with E-state index >= 15 is 0 Å². The van der Waals surface area contributed by atoms with Crippen LogP contribution in [0.3, 0.4) is 0 Å². The summed E-state index contributed by atoms with van der Waals surface area (Å²) >= 11 is 0. The van der Waals surface area contributed by atoms with Crippen molar-refractivity contribution in [2.75, 3.05) is 13.1 Å². The summed E-state index contributed by atoms with van der Waals surface area (Å²) in [6, 6.07) is 12.8. The predicted octanol–water partition coefficient (Wildman–Crippen LogP) is 5.00. The number of aromatic nitrogens is 2. The smallest absolute Gasteiger partial charge is 0.253 e. The highest BCUT2D eigenvalue weighted by Gasteiger charge is 2.29. The highest BCUT2D eigenvalue weighted by molar-refractivity contribution is 6.08. The molecule has 2 aliphatic carbocycles. The Kier molecular flexibility index (Phi) is 5.58. The number of amides is 1. The average Bonchev–Trinajstić information content (AvgIpc) is 3.54. The zero-order chi connectivity index (χ0) is 21.2. The van der Waals surface area contributed by atoms with E-state index in [1.54, 1.807) is 34.9 Å². The maximum absolute atomic E-state index is 13.3. The van der Waals surface area contributed by atoms with E-state index in [4.69, 9.17) is 0 Å². The van der Waals surface area contributed by atoms with Crippen molar-refractivity contribution in [2.24, 2.45) is 11.8 Å². The lowest BCUT2D eigenvalue weighted by atomic mass is 9.88. The van der Waals surface area contributed by atoms with Crippen LogP contribution in [0.2, 0.25) is 0 Å². The van der Waals surface area contributed by atoms with Crippen LogP contribution in [0.25, 0.3) is 5.65 Å². The first-order valence-corrected chi connectivity index (χ1v) is 11.5. The zero-order valence-electron chi connectivity index (χ0n) is 17.9.